The summed E-state index contributed by atoms with van der Waals surface area (Å²) in [7, 11) is 3.41. The molecule has 4 aliphatic rings. The van der Waals surface area contributed by atoms with Crippen molar-refractivity contribution >= 4 is 47.1 Å². The largest absolute Gasteiger partial charge is 0.379 e. The minimum atomic E-state index is -1.01. The number of ketones is 1. The third-order valence-corrected chi connectivity index (χ3v) is 18.9. The van der Waals surface area contributed by atoms with Crippen molar-refractivity contribution in [1.29, 1.82) is 0 Å². The summed E-state index contributed by atoms with van der Waals surface area (Å²) in [4.78, 5) is 115. The third kappa shape index (κ3) is 20.5. The second kappa shape index (κ2) is 36.8. The first-order chi connectivity index (χ1) is 45.1. The minimum absolute atomic E-state index is 0.0830. The third-order valence-electron chi connectivity index (χ3n) is 18.9. The van der Waals surface area contributed by atoms with Gasteiger partial charge in [0.25, 0.3) is 0 Å². The molecular weight excluding hydrogens is 1190 g/mol. The molecule has 0 spiro atoms. The van der Waals surface area contributed by atoms with Gasteiger partial charge in [0.15, 0.2) is 5.78 Å². The zero-order valence-electron chi connectivity index (χ0n) is 54.9. The van der Waals surface area contributed by atoms with Gasteiger partial charge in [-0.25, -0.2) is 0 Å². The van der Waals surface area contributed by atoms with E-state index >= 15 is 0 Å². The Balaban J connectivity index is 0.689. The summed E-state index contributed by atoms with van der Waals surface area (Å²) >= 11 is 0. The van der Waals surface area contributed by atoms with Crippen molar-refractivity contribution in [2.24, 2.45) is 23.7 Å². The van der Waals surface area contributed by atoms with Crippen LogP contribution in [0.3, 0.4) is 0 Å². The second-order valence-electron chi connectivity index (χ2n) is 25.2. The maximum Gasteiger partial charge on any atom is 0.247 e. The van der Waals surface area contributed by atoms with Crippen LogP contribution in [0.1, 0.15) is 120 Å². The number of hydrogen-bond donors (Lipinski definition) is 8. The van der Waals surface area contributed by atoms with E-state index in [2.05, 4.69) is 52.8 Å². The Morgan fingerprint density at radius 3 is 1.81 bits per heavy atom. The van der Waals surface area contributed by atoms with Crippen molar-refractivity contribution in [3.05, 3.63) is 120 Å². The van der Waals surface area contributed by atoms with Crippen LogP contribution in [0.25, 0.3) is 0 Å². The van der Waals surface area contributed by atoms with Gasteiger partial charge in [0.05, 0.1) is 50.1 Å². The van der Waals surface area contributed by atoms with E-state index in [1.165, 1.54) is 0 Å². The molecule has 8 rings (SSSR count). The highest BCUT2D eigenvalue weighted by Crippen LogP contribution is 2.40. The van der Waals surface area contributed by atoms with Crippen LogP contribution in [0.5, 0.6) is 0 Å². The lowest BCUT2D eigenvalue weighted by Gasteiger charge is -2.34. The van der Waals surface area contributed by atoms with Crippen molar-refractivity contribution in [3.63, 3.8) is 0 Å². The maximum atomic E-state index is 14.6. The van der Waals surface area contributed by atoms with E-state index in [9.17, 15) is 38.4 Å². The van der Waals surface area contributed by atoms with Crippen LogP contribution < -0.4 is 42.5 Å². The molecular formula is C69H99N13O11. The Kier molecular flexibility index (Phi) is 28.3. The van der Waals surface area contributed by atoms with Crippen LogP contribution >= 0.6 is 0 Å². The monoisotopic (exact) mass is 1290 g/mol. The molecule has 4 saturated heterocycles. The number of nitrogens with zero attached hydrogens (tertiary/aromatic N) is 5. The molecule has 93 heavy (non-hydrogen) atoms. The molecule has 12 unspecified atom stereocenters. The van der Waals surface area contributed by atoms with Crippen molar-refractivity contribution in [2.75, 3.05) is 73.4 Å². The van der Waals surface area contributed by atoms with E-state index in [1.54, 1.807) is 61.5 Å². The van der Waals surface area contributed by atoms with Crippen LogP contribution in [0.4, 0.5) is 0 Å². The number of hydrogen-bond acceptors (Lipinski definition) is 16. The summed E-state index contributed by atoms with van der Waals surface area (Å²) in [6.45, 7) is 10.2. The van der Waals surface area contributed by atoms with Crippen LogP contribution in [0.15, 0.2) is 97.2 Å². The van der Waals surface area contributed by atoms with E-state index in [0.717, 1.165) is 11.1 Å². The predicted molar refractivity (Wildman–Crippen MR) is 349 cm³/mol. The number of aromatic nitrogens is 3. The Hall–Kier alpha value is -7.48. The fourth-order valence-corrected chi connectivity index (χ4v) is 13.4. The molecule has 506 valence electrons. The molecule has 7 amide bonds. The molecule has 4 aromatic rings. The zero-order valence-corrected chi connectivity index (χ0v) is 54.9. The van der Waals surface area contributed by atoms with Gasteiger partial charge in [-0.15, -0.1) is 5.10 Å². The first-order valence-electron chi connectivity index (χ1n) is 33.6. The standard InChI is InChI=1S/C69H99N13O11/c1-46(63(84)47(2)70-4)60-52(23-26-55-28-30-57(81(55)68(60)89)65(86)75-42-50-19-11-7-12-20-50)44-74-59(83)32-25-54-45-80(79-78-54)34-16-36-92-38-40-93-39-37-91-35-15-33-73-67(88)61(51-21-13-8-14-22-51)76-66(87)58-31-29-56-27-24-53(43-72-41-49-17-9-6-10-18-49)62(69(90)82(56)58)77-64(85)48(3)71-5/h6-14,17-22,45-48,52-53,55-58,60-62,70-72H,15-16,23-44H2,1-5H3,(H,73,88)(H,74,83)(H,75,86)(H,76,87)(H,77,85). The highest BCUT2D eigenvalue weighted by molar-refractivity contribution is 5.97. The van der Waals surface area contributed by atoms with Gasteiger partial charge in [-0.1, -0.05) is 103 Å². The second-order valence-corrected chi connectivity index (χ2v) is 25.2. The predicted octanol–water partition coefficient (Wildman–Crippen LogP) is 3.30. The molecule has 12 atom stereocenters. The molecule has 4 aliphatic heterocycles. The summed E-state index contributed by atoms with van der Waals surface area (Å²) in [6.07, 6.45) is 8.58. The van der Waals surface area contributed by atoms with Gasteiger partial charge in [-0.05, 0) is 115 Å². The molecule has 4 fully saturated rings. The number of benzene rings is 3. The van der Waals surface area contributed by atoms with Gasteiger partial charge < -0.3 is 66.5 Å². The number of likely N-dealkylation sites (N-methyl/N-ethyl adjacent to an activating group) is 2. The molecule has 0 saturated carbocycles. The first-order valence-corrected chi connectivity index (χ1v) is 33.6. The fraction of sp³-hybridized carbons (Fsp3) is 0.594. The number of nitrogens with one attached hydrogen (secondary N) is 8. The lowest BCUT2D eigenvalue weighted by Crippen LogP contribution is -2.59. The van der Waals surface area contributed by atoms with Crippen molar-refractivity contribution in [3.8, 4) is 0 Å². The Morgan fingerprint density at radius 2 is 1.16 bits per heavy atom. The fourth-order valence-electron chi connectivity index (χ4n) is 13.4. The summed E-state index contributed by atoms with van der Waals surface area (Å²) < 4.78 is 19.0. The number of carbonyl (C=O) groups is 8. The molecule has 3 aromatic carbocycles. The van der Waals surface area contributed by atoms with E-state index in [4.69, 9.17) is 14.2 Å². The Bertz CT molecular complexity index is 3030. The number of Topliss-reactive ketones (excluding diaryl/α,β-unsaturated/α-hetero) is 1. The van der Waals surface area contributed by atoms with Crippen LogP contribution in [-0.2, 0) is 78.6 Å². The number of fused-ring (bicyclic) bond motifs is 2. The molecule has 0 bridgehead atoms. The van der Waals surface area contributed by atoms with E-state index < -0.39 is 54.0 Å². The van der Waals surface area contributed by atoms with Gasteiger partial charge >= 0.3 is 0 Å². The summed E-state index contributed by atoms with van der Waals surface area (Å²) in [5.41, 5.74) is 3.36. The number of carbonyl (C=O) groups excluding carboxylic acids is 8. The highest BCUT2D eigenvalue weighted by atomic mass is 16.5. The summed E-state index contributed by atoms with van der Waals surface area (Å²) in [6, 6.07) is 24.1. The first kappa shape index (κ1) is 71.4. The number of amides is 7. The molecule has 0 aliphatic carbocycles. The molecule has 8 N–H and O–H groups in total. The molecule has 5 heterocycles. The number of rotatable bonds is 37. The van der Waals surface area contributed by atoms with Crippen molar-refractivity contribution < 1.29 is 52.6 Å². The summed E-state index contributed by atoms with van der Waals surface area (Å²) in [5, 5.41) is 33.0. The lowest BCUT2D eigenvalue weighted by atomic mass is 9.76. The van der Waals surface area contributed by atoms with Gasteiger partial charge in [-0.2, -0.15) is 0 Å². The van der Waals surface area contributed by atoms with Crippen molar-refractivity contribution in [1.82, 2.24) is 67.3 Å². The molecule has 1 aromatic heterocycles. The van der Waals surface area contributed by atoms with Gasteiger partial charge in [0.2, 0.25) is 41.4 Å². The highest BCUT2D eigenvalue weighted by Gasteiger charge is 2.51. The van der Waals surface area contributed by atoms with Crippen LogP contribution in [0.2, 0.25) is 0 Å². The summed E-state index contributed by atoms with van der Waals surface area (Å²) in [5.74, 6) is -3.88. The van der Waals surface area contributed by atoms with Gasteiger partial charge in [0, 0.05) is 95.4 Å². The quantitative estimate of drug-likeness (QED) is 0.0301. The zero-order chi connectivity index (χ0) is 66.1. The molecule has 24 nitrogen and oxygen atoms in total. The normalized spacial score (nSPS) is 22.5. The average Bonchev–Trinajstić information content (AvgIpc) is 1.82. The van der Waals surface area contributed by atoms with E-state index in [1.807, 2.05) is 85.1 Å². The molecule has 24 heteroatoms. The minimum Gasteiger partial charge on any atom is -0.379 e. The van der Waals surface area contributed by atoms with E-state index in [0.29, 0.717) is 154 Å². The smallest absolute Gasteiger partial charge is 0.247 e. The van der Waals surface area contributed by atoms with Gasteiger partial charge in [-0.3, -0.25) is 43.0 Å². The van der Waals surface area contributed by atoms with Crippen LogP contribution in [0, 0.1) is 23.7 Å². The Labute approximate surface area is 547 Å². The topological polar surface area (TPSA) is 298 Å². The average molecular weight is 1290 g/mol. The number of aryl methyl sites for hydroxylation is 2. The maximum absolute atomic E-state index is 14.6. The van der Waals surface area contributed by atoms with E-state index in [-0.39, 0.29) is 78.1 Å². The SMILES string of the molecule is CNC(C)C(=O)NC1C(=O)N2C(CCC1CNCc1ccccc1)CCC2C(=O)NC(C(=O)NCCCOCCOCCOCCCn1cc(CCC(=O)NCC2CCC3CCC(C(=O)NCc4ccccc4)N3C(=O)C2C(C)C(=O)C(C)NC)nn1)c1ccccc1. The lowest BCUT2D eigenvalue weighted by molar-refractivity contribution is -0.148. The van der Waals surface area contributed by atoms with Gasteiger partial charge in [0.1, 0.15) is 24.2 Å². The number of ether oxygens (including phenoxy) is 3. The van der Waals surface area contributed by atoms with Crippen molar-refractivity contribution in [2.45, 2.75) is 166 Å². The Morgan fingerprint density at radius 1 is 0.591 bits per heavy atom. The molecule has 0 radical (unpaired) electrons. The van der Waals surface area contributed by atoms with Crippen LogP contribution in [-0.4, -0.2) is 188 Å².